The minimum atomic E-state index is -0.570. The van der Waals surface area contributed by atoms with Gasteiger partial charge in [0, 0.05) is 11.2 Å². The monoisotopic (exact) mass is 423 g/mol. The van der Waals surface area contributed by atoms with Crippen LogP contribution < -0.4 is 15.7 Å². The highest BCUT2D eigenvalue weighted by atomic mass is 35.5. The molecule has 154 valence electrons. The van der Waals surface area contributed by atoms with Crippen LogP contribution in [0.1, 0.15) is 34.8 Å². The van der Waals surface area contributed by atoms with Gasteiger partial charge in [0.2, 0.25) is 0 Å². The van der Waals surface area contributed by atoms with Gasteiger partial charge in [0.1, 0.15) is 11.3 Å². The summed E-state index contributed by atoms with van der Waals surface area (Å²) in [6.07, 6.45) is 4.08. The zero-order valence-corrected chi connectivity index (χ0v) is 17.3. The topological polar surface area (TPSA) is 72.7 Å². The lowest BCUT2D eigenvalue weighted by Crippen LogP contribution is -2.30. The molecule has 7 heteroatoms. The van der Waals surface area contributed by atoms with Crippen LogP contribution >= 0.6 is 11.6 Å². The summed E-state index contributed by atoms with van der Waals surface area (Å²) in [5.41, 5.74) is 3.68. The molecule has 0 fully saturated rings. The fraction of sp³-hybridized carbons (Fsp3) is 0.174. The van der Waals surface area contributed by atoms with Gasteiger partial charge in [-0.05, 0) is 66.1 Å². The Hall–Kier alpha value is -3.38. The summed E-state index contributed by atoms with van der Waals surface area (Å²) in [6.45, 7) is 3.02. The van der Waals surface area contributed by atoms with Crippen LogP contribution in [-0.4, -0.2) is 23.3 Å². The van der Waals surface area contributed by atoms with E-state index in [4.69, 9.17) is 16.3 Å². The number of hydrogen-bond donors (Lipinski definition) is 1. The molecule has 0 radical (unpaired) electrons. The van der Waals surface area contributed by atoms with Crippen molar-refractivity contribution in [2.24, 2.45) is 5.10 Å². The van der Waals surface area contributed by atoms with Crippen LogP contribution in [0.5, 0.6) is 5.75 Å². The van der Waals surface area contributed by atoms with Gasteiger partial charge in [0.25, 0.3) is 11.5 Å². The second kappa shape index (κ2) is 10.4. The standard InChI is InChI=1S/C23H22ClN3O3/c1-2-13-30-20-10-8-17(9-11-20)15-25-26-22(28)21-7-4-12-27(23(21)29)16-18-5-3-6-19(24)14-18/h3-12,14-15H,2,13,16H2,1H3,(H,26,28)/b25-15-. The van der Waals surface area contributed by atoms with Crippen molar-refractivity contribution in [3.8, 4) is 5.75 Å². The van der Waals surface area contributed by atoms with Crippen LogP contribution in [0.25, 0.3) is 0 Å². The van der Waals surface area contributed by atoms with Gasteiger partial charge in [-0.15, -0.1) is 0 Å². The van der Waals surface area contributed by atoms with Crippen molar-refractivity contribution < 1.29 is 9.53 Å². The lowest BCUT2D eigenvalue weighted by Gasteiger charge is -2.08. The first kappa shape index (κ1) is 21.3. The lowest BCUT2D eigenvalue weighted by atomic mass is 10.2. The molecule has 0 bridgehead atoms. The molecule has 1 amide bonds. The molecule has 1 N–H and O–H groups in total. The number of hydrazone groups is 1. The maximum absolute atomic E-state index is 12.7. The van der Waals surface area contributed by atoms with Crippen molar-refractivity contribution in [3.05, 3.63) is 98.9 Å². The average molecular weight is 424 g/mol. The number of aromatic nitrogens is 1. The third-order valence-corrected chi connectivity index (χ3v) is 4.47. The van der Waals surface area contributed by atoms with Crippen molar-refractivity contribution in [1.29, 1.82) is 0 Å². The van der Waals surface area contributed by atoms with E-state index in [0.717, 1.165) is 23.3 Å². The number of halogens is 1. The molecule has 1 aromatic heterocycles. The Morgan fingerprint density at radius 1 is 1.17 bits per heavy atom. The number of amides is 1. The van der Waals surface area contributed by atoms with Crippen molar-refractivity contribution in [2.75, 3.05) is 6.61 Å². The normalized spacial score (nSPS) is 10.9. The van der Waals surface area contributed by atoms with E-state index in [2.05, 4.69) is 10.5 Å². The van der Waals surface area contributed by atoms with E-state index < -0.39 is 11.5 Å². The molecule has 0 spiro atoms. The van der Waals surface area contributed by atoms with Crippen molar-refractivity contribution in [1.82, 2.24) is 9.99 Å². The number of nitrogens with zero attached hydrogens (tertiary/aromatic N) is 2. The van der Waals surface area contributed by atoms with Gasteiger partial charge in [-0.1, -0.05) is 30.7 Å². The number of carbonyl (C=O) groups excluding carboxylic acids is 1. The van der Waals surface area contributed by atoms with Gasteiger partial charge in [0.15, 0.2) is 0 Å². The quantitative estimate of drug-likeness (QED) is 0.438. The molecule has 30 heavy (non-hydrogen) atoms. The number of rotatable bonds is 8. The first-order chi connectivity index (χ1) is 14.6. The minimum Gasteiger partial charge on any atom is -0.494 e. The number of nitrogens with one attached hydrogen (secondary N) is 1. The molecule has 0 saturated heterocycles. The van der Waals surface area contributed by atoms with E-state index in [1.807, 2.05) is 43.3 Å². The molecule has 3 rings (SSSR count). The van der Waals surface area contributed by atoms with Crippen LogP contribution in [0.2, 0.25) is 5.02 Å². The molecular weight excluding hydrogens is 402 g/mol. The van der Waals surface area contributed by atoms with Crippen LogP contribution in [0, 0.1) is 0 Å². The fourth-order valence-electron chi connectivity index (χ4n) is 2.76. The predicted molar refractivity (Wildman–Crippen MR) is 119 cm³/mol. The molecule has 0 aliphatic heterocycles. The van der Waals surface area contributed by atoms with Crippen molar-refractivity contribution in [3.63, 3.8) is 0 Å². The van der Waals surface area contributed by atoms with Crippen LogP contribution in [0.15, 0.2) is 76.8 Å². The fourth-order valence-corrected chi connectivity index (χ4v) is 2.97. The lowest BCUT2D eigenvalue weighted by molar-refractivity contribution is 0.0953. The van der Waals surface area contributed by atoms with E-state index in [0.29, 0.717) is 18.2 Å². The van der Waals surface area contributed by atoms with E-state index in [-0.39, 0.29) is 5.56 Å². The summed E-state index contributed by atoms with van der Waals surface area (Å²) in [7, 11) is 0. The summed E-state index contributed by atoms with van der Waals surface area (Å²) in [5.74, 6) is 0.210. The summed E-state index contributed by atoms with van der Waals surface area (Å²) in [6, 6.07) is 17.7. The Morgan fingerprint density at radius 3 is 2.70 bits per heavy atom. The molecule has 2 aromatic carbocycles. The van der Waals surface area contributed by atoms with Gasteiger partial charge < -0.3 is 9.30 Å². The van der Waals surface area contributed by atoms with E-state index in [9.17, 15) is 9.59 Å². The Morgan fingerprint density at radius 2 is 1.97 bits per heavy atom. The average Bonchev–Trinajstić information content (AvgIpc) is 2.74. The van der Waals surface area contributed by atoms with Crippen molar-refractivity contribution in [2.45, 2.75) is 19.9 Å². The third kappa shape index (κ3) is 5.81. The maximum atomic E-state index is 12.7. The van der Waals surface area contributed by atoms with Crippen LogP contribution in [0.3, 0.4) is 0 Å². The zero-order valence-electron chi connectivity index (χ0n) is 16.5. The Balaban J connectivity index is 1.65. The second-order valence-corrected chi connectivity index (χ2v) is 7.04. The zero-order chi connectivity index (χ0) is 21.3. The number of pyridine rings is 1. The summed E-state index contributed by atoms with van der Waals surface area (Å²) in [4.78, 5) is 25.1. The summed E-state index contributed by atoms with van der Waals surface area (Å²) in [5, 5.41) is 4.54. The maximum Gasteiger partial charge on any atom is 0.276 e. The number of benzene rings is 2. The molecule has 0 aliphatic carbocycles. The number of carbonyl (C=O) groups is 1. The van der Waals surface area contributed by atoms with E-state index in [1.165, 1.54) is 16.8 Å². The van der Waals surface area contributed by atoms with Gasteiger partial charge >= 0.3 is 0 Å². The summed E-state index contributed by atoms with van der Waals surface area (Å²) < 4.78 is 6.98. The first-order valence-electron chi connectivity index (χ1n) is 9.57. The molecule has 6 nitrogen and oxygen atoms in total. The van der Waals surface area contributed by atoms with Gasteiger partial charge in [-0.2, -0.15) is 5.10 Å². The minimum absolute atomic E-state index is 0.0139. The number of hydrogen-bond acceptors (Lipinski definition) is 4. The van der Waals surface area contributed by atoms with E-state index >= 15 is 0 Å². The highest BCUT2D eigenvalue weighted by Gasteiger charge is 2.11. The molecule has 0 unspecified atom stereocenters. The summed E-state index contributed by atoms with van der Waals surface area (Å²) >= 11 is 6.00. The van der Waals surface area contributed by atoms with Gasteiger partial charge in [-0.25, -0.2) is 5.43 Å². The smallest absolute Gasteiger partial charge is 0.276 e. The highest BCUT2D eigenvalue weighted by molar-refractivity contribution is 6.30. The highest BCUT2D eigenvalue weighted by Crippen LogP contribution is 2.12. The SMILES string of the molecule is CCCOc1ccc(/C=N\NC(=O)c2cccn(Cc3cccc(Cl)c3)c2=O)cc1. The van der Waals surface area contributed by atoms with Gasteiger partial charge in [-0.3, -0.25) is 9.59 Å². The largest absolute Gasteiger partial charge is 0.494 e. The molecule has 1 heterocycles. The van der Waals surface area contributed by atoms with Gasteiger partial charge in [0.05, 0.1) is 19.4 Å². The van der Waals surface area contributed by atoms with Crippen LogP contribution in [0.4, 0.5) is 0 Å². The Kier molecular flexibility index (Phi) is 7.40. The van der Waals surface area contributed by atoms with Crippen LogP contribution in [-0.2, 0) is 6.54 Å². The predicted octanol–water partition coefficient (Wildman–Crippen LogP) is 4.10. The Bertz CT molecular complexity index is 1090. The molecule has 3 aromatic rings. The second-order valence-electron chi connectivity index (χ2n) is 6.60. The molecule has 0 saturated carbocycles. The number of ether oxygens (including phenoxy) is 1. The van der Waals surface area contributed by atoms with Crippen molar-refractivity contribution >= 4 is 23.7 Å². The Labute approximate surface area is 179 Å². The molecule has 0 aliphatic rings. The third-order valence-electron chi connectivity index (χ3n) is 4.24. The molecule has 0 atom stereocenters. The van der Waals surface area contributed by atoms with E-state index in [1.54, 1.807) is 24.4 Å². The molecular formula is C23H22ClN3O3. The first-order valence-corrected chi connectivity index (χ1v) is 9.95.